The van der Waals surface area contributed by atoms with Crippen molar-refractivity contribution in [3.63, 3.8) is 0 Å². The molecule has 0 bridgehead atoms. The Hall–Kier alpha value is -0.170. The van der Waals surface area contributed by atoms with Gasteiger partial charge in [0.2, 0.25) is 0 Å². The van der Waals surface area contributed by atoms with E-state index in [1.54, 1.807) is 0 Å². The largest absolute Gasteiger partial charge is 0.389 e. The van der Waals surface area contributed by atoms with Gasteiger partial charge in [-0.3, -0.25) is 0 Å². The molecule has 6 heteroatoms. The number of aliphatic hydroxyl groups is 1. The Morgan fingerprint density at radius 1 is 1.50 bits per heavy atom. The molecule has 4 N–H and O–H groups in total. The van der Waals surface area contributed by atoms with Crippen LogP contribution in [-0.2, 0) is 10.2 Å². The number of rotatable bonds is 3. The fourth-order valence-electron chi connectivity index (χ4n) is 1.71. The smallest absolute Gasteiger partial charge is 0.274 e. The summed E-state index contributed by atoms with van der Waals surface area (Å²) in [7, 11) is -3.69. The Balaban J connectivity index is 2.43. The molecule has 0 aromatic rings. The highest BCUT2D eigenvalue weighted by Gasteiger charge is 2.32. The van der Waals surface area contributed by atoms with Gasteiger partial charge in [-0.05, 0) is 31.6 Å². The molecule has 0 saturated heterocycles. The second kappa shape index (κ2) is 4.14. The maximum absolute atomic E-state index is 10.6. The number of hydrogen-bond donors (Lipinski definition) is 3. The van der Waals surface area contributed by atoms with E-state index in [0.717, 1.165) is 12.8 Å². The highest BCUT2D eigenvalue weighted by molar-refractivity contribution is 7.87. The molecule has 1 rings (SSSR count). The van der Waals surface area contributed by atoms with Gasteiger partial charge in [-0.15, -0.1) is 0 Å². The second-order valence-corrected chi connectivity index (χ2v) is 5.65. The minimum Gasteiger partial charge on any atom is -0.389 e. The molecule has 0 spiro atoms. The highest BCUT2D eigenvalue weighted by atomic mass is 32.2. The molecule has 0 aliphatic heterocycles. The summed E-state index contributed by atoms with van der Waals surface area (Å²) in [6.45, 7) is 2.16. The van der Waals surface area contributed by atoms with E-state index in [1.165, 1.54) is 0 Å². The summed E-state index contributed by atoms with van der Waals surface area (Å²) in [5.74, 6) is 0.616. The van der Waals surface area contributed by atoms with E-state index in [1.807, 2.05) is 0 Å². The number of hydrogen-bond acceptors (Lipinski definition) is 3. The predicted octanol–water partition coefficient (Wildman–Crippen LogP) is -0.279. The Bertz CT molecular complexity index is 281. The van der Waals surface area contributed by atoms with Gasteiger partial charge in [0.25, 0.3) is 10.2 Å². The first-order valence-electron chi connectivity index (χ1n) is 4.80. The predicted molar refractivity (Wildman–Crippen MR) is 53.7 cm³/mol. The third kappa shape index (κ3) is 3.91. The van der Waals surface area contributed by atoms with Crippen LogP contribution in [0.5, 0.6) is 0 Å². The molecular weight excluding hydrogens is 204 g/mol. The molecule has 0 unspecified atom stereocenters. The average Bonchev–Trinajstić information content (AvgIpc) is 2.07. The van der Waals surface area contributed by atoms with Gasteiger partial charge in [0, 0.05) is 6.54 Å². The molecule has 0 amide bonds. The van der Waals surface area contributed by atoms with Crippen LogP contribution >= 0.6 is 0 Å². The van der Waals surface area contributed by atoms with Crippen molar-refractivity contribution < 1.29 is 13.5 Å². The first kappa shape index (κ1) is 11.9. The van der Waals surface area contributed by atoms with Crippen LogP contribution in [0.3, 0.4) is 0 Å². The van der Waals surface area contributed by atoms with Gasteiger partial charge < -0.3 is 5.11 Å². The van der Waals surface area contributed by atoms with E-state index in [-0.39, 0.29) is 6.54 Å². The van der Waals surface area contributed by atoms with Gasteiger partial charge >= 0.3 is 0 Å². The second-order valence-electron chi connectivity index (χ2n) is 4.27. The molecule has 14 heavy (non-hydrogen) atoms. The lowest BCUT2D eigenvalue weighted by atomic mass is 9.80. The molecule has 1 saturated carbocycles. The molecule has 0 atom stereocenters. The summed E-state index contributed by atoms with van der Waals surface area (Å²) in [5.41, 5.74) is -0.904. The van der Waals surface area contributed by atoms with Crippen LogP contribution in [0.2, 0.25) is 0 Å². The van der Waals surface area contributed by atoms with Crippen molar-refractivity contribution in [3.05, 3.63) is 0 Å². The molecule has 1 aliphatic rings. The van der Waals surface area contributed by atoms with Crippen molar-refractivity contribution in [1.29, 1.82) is 0 Å². The van der Waals surface area contributed by atoms with Crippen LogP contribution in [-0.4, -0.2) is 25.7 Å². The van der Waals surface area contributed by atoms with Crippen LogP contribution in [0.1, 0.15) is 32.6 Å². The lowest BCUT2D eigenvalue weighted by Gasteiger charge is -2.34. The first-order valence-corrected chi connectivity index (χ1v) is 6.35. The van der Waals surface area contributed by atoms with Crippen LogP contribution in [0.15, 0.2) is 0 Å². The van der Waals surface area contributed by atoms with E-state index in [0.29, 0.717) is 18.8 Å². The lowest BCUT2D eigenvalue weighted by Crippen LogP contribution is -2.46. The molecule has 0 heterocycles. The zero-order valence-corrected chi connectivity index (χ0v) is 9.18. The third-order valence-electron chi connectivity index (χ3n) is 2.81. The summed E-state index contributed by atoms with van der Waals surface area (Å²) in [4.78, 5) is 0. The van der Waals surface area contributed by atoms with Crippen molar-refractivity contribution in [1.82, 2.24) is 4.72 Å². The van der Waals surface area contributed by atoms with Crippen molar-refractivity contribution in [2.45, 2.75) is 38.2 Å². The van der Waals surface area contributed by atoms with Crippen molar-refractivity contribution in [3.8, 4) is 0 Å². The third-order valence-corrected chi connectivity index (χ3v) is 3.35. The Morgan fingerprint density at radius 2 is 2.00 bits per heavy atom. The van der Waals surface area contributed by atoms with Crippen LogP contribution < -0.4 is 9.86 Å². The molecule has 1 fully saturated rings. The molecule has 0 aromatic carbocycles. The number of nitrogens with one attached hydrogen (secondary N) is 1. The maximum Gasteiger partial charge on any atom is 0.274 e. The van der Waals surface area contributed by atoms with E-state index >= 15 is 0 Å². The maximum atomic E-state index is 10.6. The standard InChI is InChI=1S/C8H18N2O3S/c1-7-2-4-8(11,5-3-7)6-10-14(9,12)13/h7,10-11H,2-6H2,1H3,(H2,9,12,13). The Kier molecular flexibility index (Phi) is 3.52. The highest BCUT2D eigenvalue weighted by Crippen LogP contribution is 2.31. The zero-order valence-electron chi connectivity index (χ0n) is 8.36. The SMILES string of the molecule is CC1CCC(O)(CNS(N)(=O)=O)CC1. The summed E-state index contributed by atoms with van der Waals surface area (Å²) in [6, 6.07) is 0. The number of nitrogens with two attached hydrogens (primary N) is 1. The van der Waals surface area contributed by atoms with Gasteiger partial charge in [-0.2, -0.15) is 13.1 Å². The minimum absolute atomic E-state index is 0.0263. The lowest BCUT2D eigenvalue weighted by molar-refractivity contribution is -0.00183. The van der Waals surface area contributed by atoms with Gasteiger partial charge in [-0.1, -0.05) is 6.92 Å². The fraction of sp³-hybridized carbons (Fsp3) is 1.00. The topological polar surface area (TPSA) is 92.4 Å². The van der Waals surface area contributed by atoms with Gasteiger partial charge in [0.05, 0.1) is 5.60 Å². The van der Waals surface area contributed by atoms with E-state index in [4.69, 9.17) is 5.14 Å². The molecule has 0 aromatic heterocycles. The van der Waals surface area contributed by atoms with Crippen LogP contribution in [0.4, 0.5) is 0 Å². The van der Waals surface area contributed by atoms with E-state index in [2.05, 4.69) is 11.6 Å². The van der Waals surface area contributed by atoms with E-state index in [9.17, 15) is 13.5 Å². The minimum atomic E-state index is -3.69. The van der Waals surface area contributed by atoms with Crippen LogP contribution in [0, 0.1) is 5.92 Å². The van der Waals surface area contributed by atoms with Crippen molar-refractivity contribution in [2.24, 2.45) is 11.1 Å². The van der Waals surface area contributed by atoms with Crippen molar-refractivity contribution in [2.75, 3.05) is 6.54 Å². The molecule has 84 valence electrons. The zero-order chi connectivity index (χ0) is 10.8. The Morgan fingerprint density at radius 3 is 2.43 bits per heavy atom. The summed E-state index contributed by atoms with van der Waals surface area (Å²) in [5, 5.41) is 14.8. The van der Waals surface area contributed by atoms with Gasteiger partial charge in [-0.25, -0.2) is 5.14 Å². The normalized spacial score (nSPS) is 34.4. The summed E-state index contributed by atoms with van der Waals surface area (Å²) < 4.78 is 23.4. The first-order chi connectivity index (χ1) is 6.31. The quantitative estimate of drug-likeness (QED) is 0.613. The molecule has 5 nitrogen and oxygen atoms in total. The summed E-state index contributed by atoms with van der Waals surface area (Å²) in [6.07, 6.45) is 3.14. The fourth-order valence-corrected chi connectivity index (χ4v) is 2.18. The summed E-state index contributed by atoms with van der Waals surface area (Å²) >= 11 is 0. The molecular formula is C8H18N2O3S. The Labute approximate surface area is 84.9 Å². The molecule has 1 aliphatic carbocycles. The van der Waals surface area contributed by atoms with Gasteiger partial charge in [0.15, 0.2) is 0 Å². The van der Waals surface area contributed by atoms with Gasteiger partial charge in [0.1, 0.15) is 0 Å². The van der Waals surface area contributed by atoms with Crippen LogP contribution in [0.25, 0.3) is 0 Å². The molecule has 0 radical (unpaired) electrons. The monoisotopic (exact) mass is 222 g/mol. The average molecular weight is 222 g/mol. The van der Waals surface area contributed by atoms with E-state index < -0.39 is 15.8 Å². The van der Waals surface area contributed by atoms with Crippen molar-refractivity contribution >= 4 is 10.2 Å².